The van der Waals surface area contributed by atoms with Crippen LogP contribution >= 0.6 is 15.9 Å². The molecule has 5 heteroatoms. The Morgan fingerprint density at radius 3 is 2.87 bits per heavy atom. The summed E-state index contributed by atoms with van der Waals surface area (Å²) in [6.07, 6.45) is 0. The van der Waals surface area contributed by atoms with Crippen molar-refractivity contribution in [2.75, 3.05) is 12.3 Å². The fraction of sp³-hybridized carbons (Fsp3) is 0.300. The van der Waals surface area contributed by atoms with Crippen LogP contribution in [0.25, 0.3) is 0 Å². The quantitative estimate of drug-likeness (QED) is 0.723. The van der Waals surface area contributed by atoms with Gasteiger partial charge in [0.05, 0.1) is 6.61 Å². The second-order valence-electron chi connectivity index (χ2n) is 3.29. The third-order valence-electron chi connectivity index (χ3n) is 1.91. The number of carbonyl (C=O) groups is 1. The predicted molar refractivity (Wildman–Crippen MR) is 62.6 cm³/mol. The van der Waals surface area contributed by atoms with Crippen LogP contribution in [-0.2, 0) is 0 Å². The highest BCUT2D eigenvalue weighted by molar-refractivity contribution is 9.10. The maximum Gasteiger partial charge on any atom is 0.251 e. The fourth-order valence-corrected chi connectivity index (χ4v) is 1.40. The molecule has 0 heterocycles. The third-order valence-corrected chi connectivity index (χ3v) is 2.60. The Morgan fingerprint density at radius 1 is 1.67 bits per heavy atom. The maximum atomic E-state index is 11.6. The number of amides is 1. The van der Waals surface area contributed by atoms with Gasteiger partial charge in [0.25, 0.3) is 5.91 Å². The van der Waals surface area contributed by atoms with Crippen LogP contribution in [0.3, 0.4) is 0 Å². The number of rotatable bonds is 3. The summed E-state index contributed by atoms with van der Waals surface area (Å²) < 4.78 is 0.687. The molecule has 4 N–H and O–H groups in total. The van der Waals surface area contributed by atoms with E-state index in [2.05, 4.69) is 21.2 Å². The van der Waals surface area contributed by atoms with Crippen LogP contribution in [0, 0.1) is 0 Å². The van der Waals surface area contributed by atoms with E-state index in [1.165, 1.54) is 0 Å². The van der Waals surface area contributed by atoms with E-state index in [9.17, 15) is 4.79 Å². The molecule has 1 rings (SSSR count). The van der Waals surface area contributed by atoms with Crippen LogP contribution < -0.4 is 11.1 Å². The molecular formula is C10H13BrN2O2. The first-order valence-corrected chi connectivity index (χ1v) is 5.30. The number of hydrogen-bond acceptors (Lipinski definition) is 3. The van der Waals surface area contributed by atoms with Gasteiger partial charge in [-0.05, 0) is 41.1 Å². The molecule has 0 aliphatic heterocycles. The van der Waals surface area contributed by atoms with Gasteiger partial charge in [-0.2, -0.15) is 0 Å². The molecule has 0 aliphatic carbocycles. The van der Waals surface area contributed by atoms with Crippen molar-refractivity contribution in [2.24, 2.45) is 0 Å². The van der Waals surface area contributed by atoms with Crippen molar-refractivity contribution in [2.45, 2.75) is 13.0 Å². The van der Waals surface area contributed by atoms with Gasteiger partial charge >= 0.3 is 0 Å². The molecule has 0 saturated carbocycles. The highest BCUT2D eigenvalue weighted by Gasteiger charge is 2.09. The average molecular weight is 273 g/mol. The van der Waals surface area contributed by atoms with Crippen LogP contribution in [0.15, 0.2) is 22.7 Å². The van der Waals surface area contributed by atoms with Crippen LogP contribution in [0.4, 0.5) is 5.69 Å². The Morgan fingerprint density at radius 2 is 2.33 bits per heavy atom. The molecule has 0 radical (unpaired) electrons. The van der Waals surface area contributed by atoms with E-state index in [4.69, 9.17) is 10.8 Å². The molecule has 0 unspecified atom stereocenters. The van der Waals surface area contributed by atoms with Crippen LogP contribution in [0.1, 0.15) is 17.3 Å². The van der Waals surface area contributed by atoms with Crippen molar-refractivity contribution in [3.8, 4) is 0 Å². The minimum Gasteiger partial charge on any atom is -0.398 e. The van der Waals surface area contributed by atoms with E-state index < -0.39 is 0 Å². The highest BCUT2D eigenvalue weighted by Crippen LogP contribution is 2.20. The first-order chi connectivity index (χ1) is 7.04. The first-order valence-electron chi connectivity index (χ1n) is 4.51. The zero-order valence-electron chi connectivity index (χ0n) is 8.33. The average Bonchev–Trinajstić information content (AvgIpc) is 2.21. The minimum atomic E-state index is -0.256. The van der Waals surface area contributed by atoms with Gasteiger partial charge < -0.3 is 16.2 Å². The standard InChI is InChI=1S/C10H13BrN2O2/c1-6(5-14)13-10(15)7-2-3-9(12)8(11)4-7/h2-4,6,14H,5,12H2,1H3,(H,13,15)/t6-/m1/s1. The van der Waals surface area contributed by atoms with Crippen LogP contribution in [0.2, 0.25) is 0 Å². The second kappa shape index (κ2) is 5.14. The molecule has 1 amide bonds. The van der Waals surface area contributed by atoms with E-state index in [0.29, 0.717) is 15.7 Å². The molecule has 0 aliphatic rings. The summed E-state index contributed by atoms with van der Waals surface area (Å²) >= 11 is 3.24. The van der Waals surface area contributed by atoms with Crippen molar-refractivity contribution in [3.05, 3.63) is 28.2 Å². The van der Waals surface area contributed by atoms with Crippen LogP contribution in [0.5, 0.6) is 0 Å². The SMILES string of the molecule is C[C@H](CO)NC(=O)c1ccc(N)c(Br)c1. The summed E-state index contributed by atoms with van der Waals surface area (Å²) in [5, 5.41) is 11.4. The molecule has 15 heavy (non-hydrogen) atoms. The number of nitrogen functional groups attached to an aromatic ring is 1. The molecule has 0 aromatic heterocycles. The fourth-order valence-electron chi connectivity index (χ4n) is 1.02. The number of nitrogens with one attached hydrogen (secondary N) is 1. The lowest BCUT2D eigenvalue weighted by Gasteiger charge is -2.11. The van der Waals surface area contributed by atoms with Crippen molar-refractivity contribution in [3.63, 3.8) is 0 Å². The Bertz CT molecular complexity index is 368. The molecule has 1 aromatic rings. The second-order valence-corrected chi connectivity index (χ2v) is 4.15. The monoisotopic (exact) mass is 272 g/mol. The summed E-state index contributed by atoms with van der Waals surface area (Å²) in [5.41, 5.74) is 6.69. The summed E-state index contributed by atoms with van der Waals surface area (Å²) in [5.74, 6) is -0.225. The Kier molecular flexibility index (Phi) is 4.11. The lowest BCUT2D eigenvalue weighted by Crippen LogP contribution is -2.34. The number of hydrogen-bond donors (Lipinski definition) is 3. The molecule has 0 saturated heterocycles. The van der Waals surface area contributed by atoms with E-state index in [-0.39, 0.29) is 18.6 Å². The topological polar surface area (TPSA) is 75.3 Å². The molecular weight excluding hydrogens is 260 g/mol. The van der Waals surface area contributed by atoms with Gasteiger partial charge in [-0.25, -0.2) is 0 Å². The molecule has 1 atom stereocenters. The Balaban J connectivity index is 2.78. The Hall–Kier alpha value is -1.07. The normalized spacial score (nSPS) is 12.2. The Labute approximate surface area is 96.6 Å². The van der Waals surface area contributed by atoms with E-state index in [0.717, 1.165) is 0 Å². The van der Waals surface area contributed by atoms with Gasteiger partial charge in [0.15, 0.2) is 0 Å². The van der Waals surface area contributed by atoms with E-state index in [1.54, 1.807) is 25.1 Å². The van der Waals surface area contributed by atoms with Gasteiger partial charge in [0, 0.05) is 21.8 Å². The number of aliphatic hydroxyl groups excluding tert-OH is 1. The zero-order valence-corrected chi connectivity index (χ0v) is 9.91. The minimum absolute atomic E-state index is 0.0815. The summed E-state index contributed by atoms with van der Waals surface area (Å²) in [6.45, 7) is 1.64. The molecule has 82 valence electrons. The number of benzene rings is 1. The molecule has 0 bridgehead atoms. The number of carbonyl (C=O) groups excluding carboxylic acids is 1. The van der Waals surface area contributed by atoms with Crippen molar-refractivity contribution >= 4 is 27.5 Å². The van der Waals surface area contributed by atoms with Crippen molar-refractivity contribution in [1.29, 1.82) is 0 Å². The van der Waals surface area contributed by atoms with Crippen LogP contribution in [-0.4, -0.2) is 23.7 Å². The lowest BCUT2D eigenvalue weighted by atomic mass is 10.2. The predicted octanol–water partition coefficient (Wildman–Crippen LogP) is 1.14. The van der Waals surface area contributed by atoms with Gasteiger partial charge in [0.1, 0.15) is 0 Å². The maximum absolute atomic E-state index is 11.6. The van der Waals surface area contributed by atoms with Gasteiger partial charge in [-0.3, -0.25) is 4.79 Å². The number of aliphatic hydroxyl groups is 1. The number of halogens is 1. The lowest BCUT2D eigenvalue weighted by molar-refractivity contribution is 0.0922. The van der Waals surface area contributed by atoms with E-state index >= 15 is 0 Å². The third kappa shape index (κ3) is 3.21. The van der Waals surface area contributed by atoms with E-state index in [1.807, 2.05) is 0 Å². The molecule has 1 aromatic carbocycles. The zero-order chi connectivity index (χ0) is 11.4. The largest absolute Gasteiger partial charge is 0.398 e. The summed E-state index contributed by atoms with van der Waals surface area (Å²) in [6, 6.07) is 4.69. The van der Waals surface area contributed by atoms with Gasteiger partial charge in [-0.1, -0.05) is 0 Å². The summed E-state index contributed by atoms with van der Waals surface area (Å²) in [7, 11) is 0. The molecule has 0 fully saturated rings. The van der Waals surface area contributed by atoms with Crippen molar-refractivity contribution in [1.82, 2.24) is 5.32 Å². The number of anilines is 1. The van der Waals surface area contributed by atoms with Gasteiger partial charge in [-0.15, -0.1) is 0 Å². The number of nitrogens with two attached hydrogens (primary N) is 1. The smallest absolute Gasteiger partial charge is 0.251 e. The molecule has 4 nitrogen and oxygen atoms in total. The summed E-state index contributed by atoms with van der Waals surface area (Å²) in [4.78, 5) is 11.6. The first kappa shape index (κ1) is 12.0. The molecule has 0 spiro atoms. The highest BCUT2D eigenvalue weighted by atomic mass is 79.9. The van der Waals surface area contributed by atoms with Gasteiger partial charge in [0.2, 0.25) is 0 Å². The van der Waals surface area contributed by atoms with Crippen molar-refractivity contribution < 1.29 is 9.90 Å².